The van der Waals surface area contributed by atoms with Crippen LogP contribution in [-0.4, -0.2) is 43.5 Å². The van der Waals surface area contributed by atoms with Crippen LogP contribution in [0.2, 0.25) is 0 Å². The lowest BCUT2D eigenvalue weighted by Crippen LogP contribution is -2.62. The van der Waals surface area contributed by atoms with Gasteiger partial charge in [-0.05, 0) is 122 Å². The number of aliphatic hydroxyl groups excluding tert-OH is 2. The number of alkyl halides is 6. The third kappa shape index (κ3) is 6.70. The molecule has 0 radical (unpaired) electrons. The number of benzene rings is 1. The highest BCUT2D eigenvalue weighted by Gasteiger charge is 2.64. The monoisotopic (exact) mass is 711 g/mol. The van der Waals surface area contributed by atoms with E-state index in [0.29, 0.717) is 18.3 Å². The molecule has 11 atom stereocenters. The first-order chi connectivity index (χ1) is 22.1. The minimum Gasteiger partial charge on any atom is -0.449 e. The zero-order chi connectivity index (χ0) is 35.6. The molecule has 1 aromatic rings. The summed E-state index contributed by atoms with van der Waals surface area (Å²) in [7, 11) is -5.12. The van der Waals surface area contributed by atoms with E-state index in [4.69, 9.17) is 4.74 Å². The number of halogens is 6. The topological polar surface area (TPSA) is 113 Å². The summed E-state index contributed by atoms with van der Waals surface area (Å²) in [5.41, 5.74) is -3.65. The molecule has 4 aliphatic rings. The van der Waals surface area contributed by atoms with E-state index in [0.717, 1.165) is 51.4 Å². The molecule has 0 heterocycles. The first-order valence-corrected chi connectivity index (χ1v) is 18.5. The fraction of sp³-hybridized carbons (Fsp3) is 0.794. The van der Waals surface area contributed by atoms with E-state index in [2.05, 4.69) is 20.8 Å². The van der Waals surface area contributed by atoms with Gasteiger partial charge in [-0.3, -0.25) is 0 Å². The van der Waals surface area contributed by atoms with E-state index in [1.165, 1.54) is 4.72 Å². The summed E-state index contributed by atoms with van der Waals surface area (Å²) in [6.45, 7) is 8.62. The van der Waals surface area contributed by atoms with E-state index in [1.807, 2.05) is 6.92 Å². The average molecular weight is 712 g/mol. The van der Waals surface area contributed by atoms with Gasteiger partial charge in [-0.2, -0.15) is 26.3 Å². The van der Waals surface area contributed by atoms with Gasteiger partial charge in [0.15, 0.2) is 0 Å². The Kier molecular flexibility index (Phi) is 10.0. The molecular weight excluding hydrogens is 664 g/mol. The Balaban J connectivity index is 1.23. The van der Waals surface area contributed by atoms with Crippen LogP contribution in [0.4, 0.5) is 31.1 Å². The maximum atomic E-state index is 13.2. The van der Waals surface area contributed by atoms with Gasteiger partial charge in [0.1, 0.15) is 0 Å². The highest BCUT2D eigenvalue weighted by molar-refractivity contribution is 7.90. The molecule has 0 bridgehead atoms. The molecule has 4 saturated carbocycles. The minimum atomic E-state index is -5.26. The van der Waals surface area contributed by atoms with Crippen molar-refractivity contribution in [3.05, 3.63) is 29.3 Å². The molecule has 3 N–H and O–H groups in total. The highest BCUT2D eigenvalue weighted by atomic mass is 32.2. The van der Waals surface area contributed by atoms with Gasteiger partial charge in [0.05, 0.1) is 34.8 Å². The smallest absolute Gasteiger partial charge is 0.421 e. The van der Waals surface area contributed by atoms with Crippen LogP contribution in [0.15, 0.2) is 23.1 Å². The van der Waals surface area contributed by atoms with Crippen molar-refractivity contribution in [2.45, 2.75) is 115 Å². The number of aliphatic hydroxyl groups is 2. The summed E-state index contributed by atoms with van der Waals surface area (Å²) in [4.78, 5) is 11.0. The molecule has 1 aromatic carbocycles. The molecular formula is C34H47F6NO6S. The van der Waals surface area contributed by atoms with Gasteiger partial charge in [-0.25, -0.2) is 17.9 Å². The van der Waals surface area contributed by atoms with E-state index >= 15 is 0 Å². The Labute approximate surface area is 278 Å². The number of hydrogen-bond donors (Lipinski definition) is 3. The van der Waals surface area contributed by atoms with Crippen LogP contribution in [0, 0.1) is 52.3 Å². The largest absolute Gasteiger partial charge is 0.449 e. The van der Waals surface area contributed by atoms with E-state index in [9.17, 15) is 49.8 Å². The van der Waals surface area contributed by atoms with Gasteiger partial charge >= 0.3 is 18.4 Å². The fourth-order valence-electron chi connectivity index (χ4n) is 10.8. The number of rotatable bonds is 7. The first-order valence-electron chi connectivity index (χ1n) is 17.0. The summed E-state index contributed by atoms with van der Waals surface area (Å²) in [6.07, 6.45) is -5.23. The van der Waals surface area contributed by atoms with Crippen LogP contribution in [0.1, 0.15) is 96.6 Å². The van der Waals surface area contributed by atoms with Gasteiger partial charge in [0, 0.05) is 0 Å². The normalized spacial score (nSPS) is 37.6. The lowest BCUT2D eigenvalue weighted by atomic mass is 9.41. The van der Waals surface area contributed by atoms with Gasteiger partial charge in [0.2, 0.25) is 0 Å². The van der Waals surface area contributed by atoms with E-state index in [1.54, 1.807) is 0 Å². The summed E-state index contributed by atoms with van der Waals surface area (Å²) in [5, 5.41) is 22.4. The molecule has 5 rings (SSSR count). The summed E-state index contributed by atoms with van der Waals surface area (Å²) in [5.74, 6) is 1.55. The van der Waals surface area contributed by atoms with Crippen LogP contribution in [-0.2, 0) is 27.1 Å². The lowest BCUT2D eigenvalue weighted by molar-refractivity contribution is -0.203. The fourth-order valence-corrected chi connectivity index (χ4v) is 11.7. The van der Waals surface area contributed by atoms with Gasteiger partial charge < -0.3 is 14.9 Å². The van der Waals surface area contributed by atoms with Crippen molar-refractivity contribution in [3.8, 4) is 0 Å². The predicted molar refractivity (Wildman–Crippen MR) is 164 cm³/mol. The van der Waals surface area contributed by atoms with Crippen LogP contribution in [0.3, 0.4) is 0 Å². The Morgan fingerprint density at radius 3 is 2.10 bits per heavy atom. The Morgan fingerprint density at radius 2 is 1.52 bits per heavy atom. The molecule has 14 heteroatoms. The number of sulfonamides is 1. The van der Waals surface area contributed by atoms with E-state index in [-0.39, 0.29) is 71.3 Å². The number of hydrogen-bond acceptors (Lipinski definition) is 6. The number of amides is 1. The SMILES string of the molecule is CC[C@H]1[C@@H](O)[C@@H]2[C@H](CC[C@]3(C)[C@@H]([C@H](C)CCOC(=O)NS(=O)(=O)c4cc(C(F)(F)F)cc(C(F)(F)F)c4)CC[C@@H]23)[C@@]2(C)CC[C@@H](O)C[C@@H]12. The molecule has 0 unspecified atom stereocenters. The standard InChI is InChI=1S/C34H47F6NO6S/c1-5-23-27-17-21(42)8-11-32(27,4)26-9-12-31(3)24(6-7-25(31)28(26)29(23)43)18(2)10-13-47-30(44)41-48(45,46)22-15-19(33(35,36)37)14-20(16-22)34(38,39)40/h14-16,18,21,23-29,42-43H,5-13,17H2,1-4H3,(H,41,44)/t18-,21-,23-,24-,25+,26+,27+,28+,29-,31-,32-/m1/s1. The molecule has 0 aliphatic heterocycles. The summed E-state index contributed by atoms with van der Waals surface area (Å²) >= 11 is 0. The average Bonchev–Trinajstić information content (AvgIpc) is 3.34. The summed E-state index contributed by atoms with van der Waals surface area (Å²) in [6, 6.07) is -0.138. The van der Waals surface area contributed by atoms with Crippen LogP contribution >= 0.6 is 0 Å². The first kappa shape index (κ1) is 37.2. The predicted octanol–water partition coefficient (Wildman–Crippen LogP) is 7.79. The van der Waals surface area contributed by atoms with Crippen LogP contribution in [0.5, 0.6) is 0 Å². The molecule has 4 fully saturated rings. The summed E-state index contributed by atoms with van der Waals surface area (Å²) < 4.78 is 111. The maximum Gasteiger partial charge on any atom is 0.421 e. The Bertz CT molecular complexity index is 1440. The van der Waals surface area contributed by atoms with Gasteiger partial charge in [-0.15, -0.1) is 0 Å². The van der Waals surface area contributed by atoms with Gasteiger partial charge in [-0.1, -0.05) is 34.1 Å². The van der Waals surface area contributed by atoms with Crippen LogP contribution in [0.25, 0.3) is 0 Å². The van der Waals surface area contributed by atoms with Crippen molar-refractivity contribution in [1.29, 1.82) is 0 Å². The zero-order valence-electron chi connectivity index (χ0n) is 27.7. The number of ether oxygens (including phenoxy) is 1. The number of fused-ring (bicyclic) bond motifs is 5. The third-order valence-corrected chi connectivity index (χ3v) is 14.3. The van der Waals surface area contributed by atoms with Gasteiger partial charge in [0.25, 0.3) is 10.0 Å². The minimum absolute atomic E-state index is 0.0307. The van der Waals surface area contributed by atoms with Crippen molar-refractivity contribution >= 4 is 16.1 Å². The number of carbonyl (C=O) groups is 1. The Hall–Kier alpha value is -2.06. The van der Waals surface area contributed by atoms with Crippen molar-refractivity contribution in [3.63, 3.8) is 0 Å². The number of nitrogens with one attached hydrogen (secondary N) is 1. The van der Waals surface area contributed by atoms with Crippen molar-refractivity contribution in [1.82, 2.24) is 4.72 Å². The quantitative estimate of drug-likeness (QED) is 0.249. The van der Waals surface area contributed by atoms with Crippen molar-refractivity contribution < 1.29 is 54.5 Å². The molecule has 48 heavy (non-hydrogen) atoms. The highest BCUT2D eigenvalue weighted by Crippen LogP contribution is 2.69. The van der Waals surface area contributed by atoms with E-state index < -0.39 is 50.6 Å². The second-order valence-electron chi connectivity index (χ2n) is 15.4. The zero-order valence-corrected chi connectivity index (χ0v) is 28.5. The molecule has 0 spiro atoms. The molecule has 4 aliphatic carbocycles. The second-order valence-corrected chi connectivity index (χ2v) is 17.1. The second kappa shape index (κ2) is 12.9. The number of carbonyl (C=O) groups excluding carboxylic acids is 1. The maximum absolute atomic E-state index is 13.2. The Morgan fingerprint density at radius 1 is 0.938 bits per heavy atom. The van der Waals surface area contributed by atoms with Crippen molar-refractivity contribution in [2.24, 2.45) is 52.3 Å². The molecule has 0 saturated heterocycles. The lowest BCUT2D eigenvalue weighted by Gasteiger charge is -2.64. The third-order valence-electron chi connectivity index (χ3n) is 13.0. The molecule has 7 nitrogen and oxygen atoms in total. The molecule has 272 valence electrons. The molecule has 0 aromatic heterocycles. The van der Waals surface area contributed by atoms with Crippen LogP contribution < -0.4 is 4.72 Å². The molecule has 1 amide bonds. The van der Waals surface area contributed by atoms with Crippen molar-refractivity contribution in [2.75, 3.05) is 6.61 Å².